The lowest BCUT2D eigenvalue weighted by Crippen LogP contribution is -2.31. The van der Waals surface area contributed by atoms with Crippen molar-refractivity contribution in [3.8, 4) is 0 Å². The van der Waals surface area contributed by atoms with E-state index in [2.05, 4.69) is 0 Å². The first-order valence-corrected chi connectivity index (χ1v) is 6.83. The van der Waals surface area contributed by atoms with E-state index in [4.69, 9.17) is 5.11 Å². The van der Waals surface area contributed by atoms with Gasteiger partial charge in [-0.25, -0.2) is 9.69 Å². The maximum absolute atomic E-state index is 12.1. The minimum absolute atomic E-state index is 0.0585. The molecule has 2 atom stereocenters. The first kappa shape index (κ1) is 14.0. The molecule has 1 heterocycles. The van der Waals surface area contributed by atoms with Crippen LogP contribution in [0.15, 0.2) is 18.2 Å². The van der Waals surface area contributed by atoms with Gasteiger partial charge in [0.1, 0.15) is 0 Å². The molecule has 1 aromatic carbocycles. The lowest BCUT2D eigenvalue weighted by Gasteiger charge is -2.17. The van der Waals surface area contributed by atoms with Crippen LogP contribution in [0.25, 0.3) is 0 Å². The van der Waals surface area contributed by atoms with Crippen LogP contribution >= 0.6 is 22.6 Å². The Balaban J connectivity index is 2.53. The van der Waals surface area contributed by atoms with Crippen molar-refractivity contribution in [1.82, 2.24) is 0 Å². The van der Waals surface area contributed by atoms with Crippen LogP contribution in [0, 0.1) is 15.4 Å². The summed E-state index contributed by atoms with van der Waals surface area (Å²) in [6.07, 6.45) is 0. The highest BCUT2D eigenvalue weighted by molar-refractivity contribution is 14.1. The van der Waals surface area contributed by atoms with Gasteiger partial charge in [0.25, 0.3) is 0 Å². The van der Waals surface area contributed by atoms with Gasteiger partial charge in [-0.05, 0) is 40.8 Å². The molecule has 0 saturated carbocycles. The van der Waals surface area contributed by atoms with Crippen LogP contribution in [-0.2, 0) is 9.59 Å². The Bertz CT molecular complexity index is 564. The molecule has 2 unspecified atom stereocenters. The number of nitrogens with zero attached hydrogens (tertiary/aromatic N) is 1. The molecule has 2 amide bonds. The maximum Gasteiger partial charge on any atom is 0.335 e. The topological polar surface area (TPSA) is 74.7 Å². The number of aromatic carboxylic acids is 1. The molecule has 0 aliphatic carbocycles. The number of hydrogen-bond donors (Lipinski definition) is 1. The lowest BCUT2D eigenvalue weighted by molar-refractivity contribution is -0.122. The number of carboxylic acid groups (broad SMARTS) is 1. The van der Waals surface area contributed by atoms with Crippen LogP contribution in [0.1, 0.15) is 24.2 Å². The average molecular weight is 373 g/mol. The summed E-state index contributed by atoms with van der Waals surface area (Å²) in [5, 5.41) is 8.99. The number of carboxylic acids is 1. The van der Waals surface area contributed by atoms with Gasteiger partial charge in [0, 0.05) is 15.4 Å². The Hall–Kier alpha value is -1.44. The third-order valence-electron chi connectivity index (χ3n) is 3.40. The molecule has 100 valence electrons. The molecule has 2 rings (SSSR count). The van der Waals surface area contributed by atoms with E-state index in [1.165, 1.54) is 12.1 Å². The molecule has 1 saturated heterocycles. The SMILES string of the molecule is CC1C(=O)N(c2cc(C(=O)O)ccc2I)C(=O)C1C. The molecule has 1 fully saturated rings. The quantitative estimate of drug-likeness (QED) is 0.637. The number of anilines is 1. The van der Waals surface area contributed by atoms with Gasteiger partial charge in [-0.15, -0.1) is 0 Å². The molecule has 0 spiro atoms. The highest BCUT2D eigenvalue weighted by Gasteiger charge is 2.43. The summed E-state index contributed by atoms with van der Waals surface area (Å²) >= 11 is 1.99. The second-order valence-corrected chi connectivity index (χ2v) is 5.72. The van der Waals surface area contributed by atoms with Crippen molar-refractivity contribution in [2.45, 2.75) is 13.8 Å². The van der Waals surface area contributed by atoms with Crippen molar-refractivity contribution >= 4 is 46.1 Å². The fraction of sp³-hybridized carbons (Fsp3) is 0.308. The van der Waals surface area contributed by atoms with Crippen LogP contribution < -0.4 is 4.90 Å². The zero-order valence-electron chi connectivity index (χ0n) is 10.4. The van der Waals surface area contributed by atoms with Crippen LogP contribution in [0.3, 0.4) is 0 Å². The van der Waals surface area contributed by atoms with E-state index in [1.807, 2.05) is 22.6 Å². The number of benzene rings is 1. The summed E-state index contributed by atoms with van der Waals surface area (Å²) in [6, 6.07) is 4.41. The Labute approximate surface area is 123 Å². The van der Waals surface area contributed by atoms with Crippen LogP contribution in [0.4, 0.5) is 5.69 Å². The highest BCUT2D eigenvalue weighted by Crippen LogP contribution is 2.33. The number of imide groups is 1. The Morgan fingerprint density at radius 2 is 1.74 bits per heavy atom. The number of carbonyl (C=O) groups excluding carboxylic acids is 2. The number of rotatable bonds is 2. The molecule has 19 heavy (non-hydrogen) atoms. The van der Waals surface area contributed by atoms with Crippen molar-refractivity contribution in [2.75, 3.05) is 4.90 Å². The molecule has 0 radical (unpaired) electrons. The largest absolute Gasteiger partial charge is 0.478 e. The second-order valence-electron chi connectivity index (χ2n) is 4.56. The Morgan fingerprint density at radius 1 is 1.21 bits per heavy atom. The van der Waals surface area contributed by atoms with Crippen LogP contribution in [0.5, 0.6) is 0 Å². The molecule has 1 aliphatic heterocycles. The minimum atomic E-state index is -1.09. The van der Waals surface area contributed by atoms with Crippen molar-refractivity contribution in [1.29, 1.82) is 0 Å². The van der Waals surface area contributed by atoms with E-state index in [1.54, 1.807) is 19.9 Å². The number of amides is 2. The van der Waals surface area contributed by atoms with E-state index in [0.717, 1.165) is 4.90 Å². The first-order chi connectivity index (χ1) is 8.84. The van der Waals surface area contributed by atoms with E-state index in [0.29, 0.717) is 9.26 Å². The predicted molar refractivity (Wildman–Crippen MR) is 76.9 cm³/mol. The molecule has 0 aromatic heterocycles. The van der Waals surface area contributed by atoms with E-state index >= 15 is 0 Å². The molecule has 5 nitrogen and oxygen atoms in total. The van der Waals surface area contributed by atoms with Gasteiger partial charge in [-0.1, -0.05) is 13.8 Å². The fourth-order valence-electron chi connectivity index (χ4n) is 2.00. The second kappa shape index (κ2) is 4.92. The molecule has 1 aliphatic rings. The summed E-state index contributed by atoms with van der Waals surface area (Å²) in [5.41, 5.74) is 0.412. The fourth-order valence-corrected chi connectivity index (χ4v) is 2.57. The van der Waals surface area contributed by atoms with Crippen molar-refractivity contribution in [3.05, 3.63) is 27.3 Å². The molecule has 1 aromatic rings. The summed E-state index contributed by atoms with van der Waals surface area (Å²) in [5.74, 6) is -2.40. The monoisotopic (exact) mass is 373 g/mol. The standard InChI is InChI=1S/C13H12INO4/c1-6-7(2)12(17)15(11(6)16)10-5-8(13(18)19)3-4-9(10)14/h3-7H,1-2H3,(H,18,19). The van der Waals surface area contributed by atoms with Crippen LogP contribution in [-0.4, -0.2) is 22.9 Å². The molecular formula is C13H12INO4. The molecule has 6 heteroatoms. The smallest absolute Gasteiger partial charge is 0.335 e. The number of hydrogen-bond acceptors (Lipinski definition) is 3. The highest BCUT2D eigenvalue weighted by atomic mass is 127. The number of carbonyl (C=O) groups is 3. The number of halogens is 1. The summed E-state index contributed by atoms with van der Waals surface area (Å²) < 4.78 is 0.672. The van der Waals surface area contributed by atoms with Gasteiger partial charge in [0.05, 0.1) is 11.3 Å². The van der Waals surface area contributed by atoms with E-state index in [-0.39, 0.29) is 29.2 Å². The summed E-state index contributed by atoms with van der Waals surface area (Å²) in [4.78, 5) is 36.3. The molecular weight excluding hydrogens is 361 g/mol. The third-order valence-corrected chi connectivity index (χ3v) is 4.32. The van der Waals surface area contributed by atoms with Gasteiger partial charge in [-0.2, -0.15) is 0 Å². The Morgan fingerprint density at radius 3 is 2.21 bits per heavy atom. The zero-order valence-corrected chi connectivity index (χ0v) is 12.5. The Kier molecular flexibility index (Phi) is 3.62. The van der Waals surface area contributed by atoms with E-state index < -0.39 is 5.97 Å². The van der Waals surface area contributed by atoms with Gasteiger partial charge in [0.2, 0.25) is 11.8 Å². The maximum atomic E-state index is 12.1. The average Bonchev–Trinajstić information content (AvgIpc) is 2.55. The van der Waals surface area contributed by atoms with Gasteiger partial charge < -0.3 is 5.11 Å². The summed E-state index contributed by atoms with van der Waals surface area (Å²) in [7, 11) is 0. The molecule has 1 N–H and O–H groups in total. The van der Waals surface area contributed by atoms with Gasteiger partial charge >= 0.3 is 5.97 Å². The molecule has 0 bridgehead atoms. The summed E-state index contributed by atoms with van der Waals surface area (Å²) in [6.45, 7) is 3.41. The van der Waals surface area contributed by atoms with Crippen LogP contribution in [0.2, 0.25) is 0 Å². The normalized spacial score (nSPS) is 23.0. The van der Waals surface area contributed by atoms with Gasteiger partial charge in [0.15, 0.2) is 0 Å². The predicted octanol–water partition coefficient (Wildman–Crippen LogP) is 2.13. The van der Waals surface area contributed by atoms with Gasteiger partial charge in [-0.3, -0.25) is 9.59 Å². The van der Waals surface area contributed by atoms with Crippen molar-refractivity contribution in [3.63, 3.8) is 0 Å². The van der Waals surface area contributed by atoms with Crippen molar-refractivity contribution < 1.29 is 19.5 Å². The zero-order chi connectivity index (χ0) is 14.3. The minimum Gasteiger partial charge on any atom is -0.478 e. The first-order valence-electron chi connectivity index (χ1n) is 5.75. The lowest BCUT2D eigenvalue weighted by atomic mass is 10.00. The van der Waals surface area contributed by atoms with E-state index in [9.17, 15) is 14.4 Å². The van der Waals surface area contributed by atoms with Crippen molar-refractivity contribution in [2.24, 2.45) is 11.8 Å². The third kappa shape index (κ3) is 2.24.